The molecule has 0 saturated carbocycles. The molecule has 18 heavy (non-hydrogen) atoms. The molecule has 3 nitrogen and oxygen atoms in total. The molecular weight excluding hydrogens is 228 g/mol. The first-order chi connectivity index (χ1) is 8.25. The van der Waals surface area contributed by atoms with Crippen molar-refractivity contribution in [2.45, 2.75) is 66.4 Å². The van der Waals surface area contributed by atoms with E-state index in [4.69, 9.17) is 9.84 Å². The van der Waals surface area contributed by atoms with Gasteiger partial charge in [-0.1, -0.05) is 34.6 Å². The summed E-state index contributed by atoms with van der Waals surface area (Å²) in [6, 6.07) is 0. The lowest BCUT2D eigenvalue weighted by molar-refractivity contribution is -0.167. The maximum Gasteiger partial charge on any atom is 0.309 e. The van der Waals surface area contributed by atoms with Crippen molar-refractivity contribution in [3.8, 4) is 0 Å². The number of hydrogen-bond acceptors (Lipinski definition) is 3. The number of ether oxygens (including phenoxy) is 1. The SMILES string of the molecule is CCC(C)(CCO)OC(=O)C(CC(C)C)C(C)C. The van der Waals surface area contributed by atoms with Gasteiger partial charge in [0.25, 0.3) is 0 Å². The Morgan fingerprint density at radius 1 is 1.28 bits per heavy atom. The van der Waals surface area contributed by atoms with Crippen LogP contribution in [0.2, 0.25) is 0 Å². The molecule has 108 valence electrons. The fourth-order valence-electron chi connectivity index (χ4n) is 2.00. The van der Waals surface area contributed by atoms with Crippen molar-refractivity contribution in [3.05, 3.63) is 0 Å². The van der Waals surface area contributed by atoms with Crippen LogP contribution in [0.4, 0.5) is 0 Å². The van der Waals surface area contributed by atoms with Crippen LogP contribution in [0.5, 0.6) is 0 Å². The van der Waals surface area contributed by atoms with Gasteiger partial charge in [-0.05, 0) is 31.6 Å². The van der Waals surface area contributed by atoms with Gasteiger partial charge in [-0.3, -0.25) is 4.79 Å². The van der Waals surface area contributed by atoms with E-state index in [2.05, 4.69) is 27.7 Å². The topological polar surface area (TPSA) is 46.5 Å². The summed E-state index contributed by atoms with van der Waals surface area (Å²) < 4.78 is 5.65. The Hall–Kier alpha value is -0.570. The first-order valence-corrected chi connectivity index (χ1v) is 7.09. The zero-order valence-electron chi connectivity index (χ0n) is 12.8. The van der Waals surface area contributed by atoms with Crippen LogP contribution >= 0.6 is 0 Å². The second-order valence-corrected chi connectivity index (χ2v) is 6.18. The molecule has 0 amide bonds. The van der Waals surface area contributed by atoms with Crippen molar-refractivity contribution in [2.75, 3.05) is 6.61 Å². The van der Waals surface area contributed by atoms with Gasteiger partial charge in [-0.25, -0.2) is 0 Å². The number of aliphatic hydroxyl groups is 1. The molecule has 0 aliphatic carbocycles. The molecule has 3 heteroatoms. The molecular formula is C15H30O3. The van der Waals surface area contributed by atoms with Gasteiger partial charge in [-0.2, -0.15) is 0 Å². The molecule has 0 aromatic heterocycles. The van der Waals surface area contributed by atoms with E-state index >= 15 is 0 Å². The highest BCUT2D eigenvalue weighted by Gasteiger charge is 2.32. The molecule has 2 unspecified atom stereocenters. The number of carbonyl (C=O) groups is 1. The van der Waals surface area contributed by atoms with Crippen molar-refractivity contribution >= 4 is 5.97 Å². The Morgan fingerprint density at radius 3 is 2.17 bits per heavy atom. The van der Waals surface area contributed by atoms with Crippen molar-refractivity contribution in [2.24, 2.45) is 17.8 Å². The van der Waals surface area contributed by atoms with E-state index in [-0.39, 0.29) is 24.4 Å². The third-order valence-electron chi connectivity index (χ3n) is 3.57. The maximum atomic E-state index is 12.3. The quantitative estimate of drug-likeness (QED) is 0.679. The number of esters is 1. The predicted molar refractivity (Wildman–Crippen MR) is 74.3 cm³/mol. The number of aliphatic hydroxyl groups excluding tert-OH is 1. The van der Waals surface area contributed by atoms with Crippen LogP contribution in [0.15, 0.2) is 0 Å². The molecule has 0 rings (SSSR count). The summed E-state index contributed by atoms with van der Waals surface area (Å²) in [5.74, 6) is 0.608. The maximum absolute atomic E-state index is 12.3. The Kier molecular flexibility index (Phi) is 7.53. The highest BCUT2D eigenvalue weighted by atomic mass is 16.6. The van der Waals surface area contributed by atoms with E-state index < -0.39 is 5.60 Å². The summed E-state index contributed by atoms with van der Waals surface area (Å²) in [7, 11) is 0. The first kappa shape index (κ1) is 17.4. The normalized spacial score (nSPS) is 16.7. The second kappa shape index (κ2) is 7.78. The molecule has 0 saturated heterocycles. The summed E-state index contributed by atoms with van der Waals surface area (Å²) >= 11 is 0. The fourth-order valence-corrected chi connectivity index (χ4v) is 2.00. The van der Waals surface area contributed by atoms with Gasteiger partial charge in [0, 0.05) is 13.0 Å². The minimum absolute atomic E-state index is 0.0467. The smallest absolute Gasteiger partial charge is 0.309 e. The van der Waals surface area contributed by atoms with E-state index in [1.807, 2.05) is 13.8 Å². The molecule has 0 heterocycles. The third-order valence-corrected chi connectivity index (χ3v) is 3.57. The predicted octanol–water partition coefficient (Wildman–Crippen LogP) is 3.40. The summed E-state index contributed by atoms with van der Waals surface area (Å²) in [5.41, 5.74) is -0.532. The molecule has 0 spiro atoms. The van der Waals surface area contributed by atoms with Crippen LogP contribution < -0.4 is 0 Å². The molecule has 0 aliphatic heterocycles. The van der Waals surface area contributed by atoms with Gasteiger partial charge in [0.2, 0.25) is 0 Å². The Labute approximate surface area is 112 Å². The van der Waals surface area contributed by atoms with E-state index in [9.17, 15) is 4.79 Å². The molecule has 0 aliphatic rings. The standard InChI is InChI=1S/C15H30O3/c1-7-15(6,8-9-16)18-14(17)13(12(4)5)10-11(2)3/h11-13,16H,7-10H2,1-6H3. The summed E-state index contributed by atoms with van der Waals surface area (Å²) in [5, 5.41) is 9.05. The van der Waals surface area contributed by atoms with Gasteiger partial charge in [-0.15, -0.1) is 0 Å². The fraction of sp³-hybridized carbons (Fsp3) is 0.933. The highest BCUT2D eigenvalue weighted by Crippen LogP contribution is 2.27. The van der Waals surface area contributed by atoms with Crippen molar-refractivity contribution in [1.82, 2.24) is 0 Å². The van der Waals surface area contributed by atoms with Gasteiger partial charge in [0.1, 0.15) is 5.60 Å². The highest BCUT2D eigenvalue weighted by molar-refractivity contribution is 5.73. The minimum atomic E-state index is -0.532. The summed E-state index contributed by atoms with van der Waals surface area (Å²) in [6.45, 7) is 12.3. The number of hydrogen-bond donors (Lipinski definition) is 1. The largest absolute Gasteiger partial charge is 0.459 e. The Bertz CT molecular complexity index is 248. The van der Waals surface area contributed by atoms with Gasteiger partial charge in [0.15, 0.2) is 0 Å². The Balaban J connectivity index is 4.67. The van der Waals surface area contributed by atoms with Crippen LogP contribution in [-0.2, 0) is 9.53 Å². The lowest BCUT2D eigenvalue weighted by atomic mass is 9.87. The minimum Gasteiger partial charge on any atom is -0.459 e. The lowest BCUT2D eigenvalue weighted by Crippen LogP contribution is -2.36. The lowest BCUT2D eigenvalue weighted by Gasteiger charge is -2.31. The van der Waals surface area contributed by atoms with E-state index in [1.165, 1.54) is 0 Å². The van der Waals surface area contributed by atoms with Crippen molar-refractivity contribution in [3.63, 3.8) is 0 Å². The van der Waals surface area contributed by atoms with E-state index in [0.717, 1.165) is 12.8 Å². The van der Waals surface area contributed by atoms with Crippen LogP contribution in [-0.4, -0.2) is 23.3 Å². The summed E-state index contributed by atoms with van der Waals surface area (Å²) in [6.07, 6.45) is 2.09. The molecule has 1 N–H and O–H groups in total. The zero-order valence-corrected chi connectivity index (χ0v) is 12.8. The average Bonchev–Trinajstić information content (AvgIpc) is 2.25. The molecule has 0 fully saturated rings. The number of rotatable bonds is 8. The molecule has 0 aromatic rings. The monoisotopic (exact) mass is 258 g/mol. The average molecular weight is 258 g/mol. The van der Waals surface area contributed by atoms with Crippen LogP contribution in [0.1, 0.15) is 60.8 Å². The van der Waals surface area contributed by atoms with E-state index in [1.54, 1.807) is 0 Å². The first-order valence-electron chi connectivity index (χ1n) is 7.09. The molecule has 0 aromatic carbocycles. The number of carbonyl (C=O) groups excluding carboxylic acids is 1. The van der Waals surface area contributed by atoms with E-state index in [0.29, 0.717) is 12.3 Å². The molecule has 2 atom stereocenters. The Morgan fingerprint density at radius 2 is 1.83 bits per heavy atom. The molecule has 0 bridgehead atoms. The van der Waals surface area contributed by atoms with Crippen molar-refractivity contribution < 1.29 is 14.6 Å². The molecule has 0 radical (unpaired) electrons. The van der Waals surface area contributed by atoms with Gasteiger partial charge < -0.3 is 9.84 Å². The third kappa shape index (κ3) is 5.85. The van der Waals surface area contributed by atoms with Gasteiger partial charge >= 0.3 is 5.97 Å². The van der Waals surface area contributed by atoms with Crippen LogP contribution in [0, 0.1) is 17.8 Å². The van der Waals surface area contributed by atoms with Crippen LogP contribution in [0.25, 0.3) is 0 Å². The van der Waals surface area contributed by atoms with Crippen LogP contribution in [0.3, 0.4) is 0 Å². The second-order valence-electron chi connectivity index (χ2n) is 6.18. The zero-order chi connectivity index (χ0) is 14.3. The van der Waals surface area contributed by atoms with Crippen molar-refractivity contribution in [1.29, 1.82) is 0 Å². The summed E-state index contributed by atoms with van der Waals surface area (Å²) in [4.78, 5) is 12.3. The van der Waals surface area contributed by atoms with Gasteiger partial charge in [0.05, 0.1) is 5.92 Å².